The van der Waals surface area contributed by atoms with Crippen LogP contribution in [0.5, 0.6) is 11.5 Å². The summed E-state index contributed by atoms with van der Waals surface area (Å²) >= 11 is 9.09. The fourth-order valence-corrected chi connectivity index (χ4v) is 7.71. The number of benzene rings is 3. The summed E-state index contributed by atoms with van der Waals surface area (Å²) in [5.74, 6) is 1.54. The van der Waals surface area contributed by atoms with E-state index in [9.17, 15) is 4.79 Å². The number of aryl methyl sites for hydroxylation is 1. The first-order valence-electron chi connectivity index (χ1n) is 16.7. The van der Waals surface area contributed by atoms with Crippen molar-refractivity contribution >= 4 is 62.8 Å². The number of nitrogens with zero attached hydrogens (tertiary/aromatic N) is 6. The molecule has 2 fully saturated rings. The van der Waals surface area contributed by atoms with E-state index < -0.39 is 17.5 Å². The number of piperidine rings is 1. The van der Waals surface area contributed by atoms with E-state index >= 15 is 8.78 Å². The van der Waals surface area contributed by atoms with Crippen molar-refractivity contribution in [1.82, 2.24) is 19.9 Å². The van der Waals surface area contributed by atoms with Crippen LogP contribution in [0, 0.1) is 22.4 Å². The summed E-state index contributed by atoms with van der Waals surface area (Å²) < 4.78 is 49.1. The Kier molecular flexibility index (Phi) is 10.0. The Labute approximate surface area is 318 Å². The Morgan fingerprint density at radius 3 is 2.08 bits per heavy atom. The summed E-state index contributed by atoms with van der Waals surface area (Å²) in [6.45, 7) is 4.24. The second-order valence-corrected chi connectivity index (χ2v) is 14.7. The van der Waals surface area contributed by atoms with Gasteiger partial charge < -0.3 is 28.9 Å². The van der Waals surface area contributed by atoms with Gasteiger partial charge in [-0.15, -0.1) is 0 Å². The van der Waals surface area contributed by atoms with Gasteiger partial charge in [0.15, 0.2) is 5.82 Å². The van der Waals surface area contributed by atoms with Crippen LogP contribution in [0.1, 0.15) is 29.5 Å². The number of anilines is 2. The number of fused-ring (bicyclic) bond motifs is 1. The number of halogens is 4. The maximum atomic E-state index is 16.8. The fraction of sp³-hybridized carbons (Fsp3) is 0.316. The largest absolute Gasteiger partial charge is 0.497 e. The molecule has 0 unspecified atom stereocenters. The molecule has 0 saturated carbocycles. The molecule has 0 N–H and O–H groups in total. The van der Waals surface area contributed by atoms with E-state index in [0.717, 1.165) is 28.2 Å². The first-order chi connectivity index (χ1) is 25.0. The van der Waals surface area contributed by atoms with Gasteiger partial charge in [-0.2, -0.15) is 14.4 Å². The molecular formula is C38H36ClF2IN6O4. The predicted molar refractivity (Wildman–Crippen MR) is 204 cm³/mol. The molecule has 3 aromatic carbocycles. The van der Waals surface area contributed by atoms with Crippen molar-refractivity contribution in [3.05, 3.63) is 97.8 Å². The van der Waals surface area contributed by atoms with Gasteiger partial charge in [0.2, 0.25) is 0 Å². The second-order valence-electron chi connectivity index (χ2n) is 13.2. The standard InChI is InChI=1S/C38H36ClF2IN6O4/c1-22-17-29(48(19-23-5-9-25(50-3)10-6-23)20-24-7-11-26(51-4)12-8-24)43-34(32(22)42)30-28(39)18-27-33(31(30)40)44-36(41)45-35(27)47-15-13-38(14-16-47)21-46(2)37(49)52-38/h5-12,17-18H,13-16,19-21H2,1-4H3. The maximum Gasteiger partial charge on any atom is 0.410 e. The van der Waals surface area contributed by atoms with Gasteiger partial charge in [0, 0.05) is 55.0 Å². The molecule has 0 bridgehead atoms. The first kappa shape index (κ1) is 35.9. The van der Waals surface area contributed by atoms with Crippen molar-refractivity contribution in [2.24, 2.45) is 0 Å². The Balaban J connectivity index is 1.27. The molecule has 2 aliphatic heterocycles. The van der Waals surface area contributed by atoms with Crippen LogP contribution in [0.15, 0.2) is 60.7 Å². The molecule has 4 heterocycles. The third kappa shape index (κ3) is 6.99. The zero-order chi connectivity index (χ0) is 36.7. The highest BCUT2D eigenvalue weighted by Gasteiger charge is 2.46. The summed E-state index contributed by atoms with van der Waals surface area (Å²) in [4.78, 5) is 30.7. The number of amides is 1. The van der Waals surface area contributed by atoms with Crippen molar-refractivity contribution in [2.45, 2.75) is 38.5 Å². The molecule has 1 amide bonds. The molecule has 0 radical (unpaired) electrons. The SMILES string of the molecule is COc1ccc(CN(Cc2ccc(OC)cc2)c2cc(C)c(I)c(-c3c(Cl)cc4c(N5CCC6(CC5)CN(C)C(=O)O6)nc(F)nc4c3F)n2)cc1. The van der Waals surface area contributed by atoms with E-state index in [-0.39, 0.29) is 33.4 Å². The number of hydrogen-bond acceptors (Lipinski definition) is 9. The number of hydrogen-bond donors (Lipinski definition) is 0. The van der Waals surface area contributed by atoms with E-state index in [0.29, 0.717) is 60.6 Å². The van der Waals surface area contributed by atoms with Crippen molar-refractivity contribution in [3.8, 4) is 22.8 Å². The topological polar surface area (TPSA) is 93.2 Å². The van der Waals surface area contributed by atoms with Gasteiger partial charge in [-0.05, 0) is 82.6 Å². The highest BCUT2D eigenvalue weighted by molar-refractivity contribution is 14.1. The summed E-state index contributed by atoms with van der Waals surface area (Å²) in [5.41, 5.74) is 2.45. The molecule has 52 heavy (non-hydrogen) atoms. The molecule has 1 spiro atoms. The predicted octanol–water partition coefficient (Wildman–Crippen LogP) is 8.18. The van der Waals surface area contributed by atoms with E-state index in [1.54, 1.807) is 32.2 Å². The lowest BCUT2D eigenvalue weighted by atomic mass is 9.91. The molecule has 7 rings (SSSR count). The molecule has 2 aliphatic rings. The minimum atomic E-state index is -1.06. The maximum absolute atomic E-state index is 16.8. The van der Waals surface area contributed by atoms with Gasteiger partial charge in [0.25, 0.3) is 0 Å². The molecule has 14 heteroatoms. The lowest BCUT2D eigenvalue weighted by Crippen LogP contribution is -2.47. The van der Waals surface area contributed by atoms with E-state index in [1.165, 1.54) is 0 Å². The molecule has 5 aromatic rings. The van der Waals surface area contributed by atoms with Crippen LogP contribution in [-0.2, 0) is 17.8 Å². The van der Waals surface area contributed by atoms with Crippen molar-refractivity contribution < 1.29 is 27.8 Å². The number of likely N-dealkylation sites (N-methyl/N-ethyl adjacent to an activating group) is 1. The van der Waals surface area contributed by atoms with E-state index in [2.05, 4.69) is 37.5 Å². The minimum Gasteiger partial charge on any atom is -0.497 e. The summed E-state index contributed by atoms with van der Waals surface area (Å²) in [5, 5.41) is 0.382. The lowest BCUT2D eigenvalue weighted by Gasteiger charge is -2.38. The number of carbonyl (C=O) groups excluding carboxylic acids is 1. The molecule has 0 aliphatic carbocycles. The highest BCUT2D eigenvalue weighted by Crippen LogP contribution is 2.42. The van der Waals surface area contributed by atoms with Crippen LogP contribution < -0.4 is 19.3 Å². The Morgan fingerprint density at radius 1 is 0.942 bits per heavy atom. The Bertz CT molecular complexity index is 2100. The van der Waals surface area contributed by atoms with Crippen molar-refractivity contribution in [1.29, 1.82) is 0 Å². The van der Waals surface area contributed by atoms with Gasteiger partial charge in [-0.25, -0.2) is 14.2 Å². The third-order valence-corrected chi connectivity index (χ3v) is 11.4. The molecule has 2 saturated heterocycles. The van der Waals surface area contributed by atoms with Crippen molar-refractivity contribution in [3.63, 3.8) is 0 Å². The zero-order valence-electron chi connectivity index (χ0n) is 29.1. The minimum absolute atomic E-state index is 0.0277. The number of rotatable bonds is 9. The molecular weight excluding hydrogens is 805 g/mol. The number of carbonyl (C=O) groups is 1. The van der Waals surface area contributed by atoms with Crippen LogP contribution in [0.4, 0.5) is 25.2 Å². The number of methoxy groups -OCH3 is 2. The van der Waals surface area contributed by atoms with Crippen molar-refractivity contribution in [2.75, 3.05) is 50.7 Å². The Hall–Kier alpha value is -4.50. The lowest BCUT2D eigenvalue weighted by molar-refractivity contribution is 0.0366. The third-order valence-electron chi connectivity index (χ3n) is 9.70. The van der Waals surface area contributed by atoms with Crippen LogP contribution in [-0.4, -0.2) is 72.4 Å². The summed E-state index contributed by atoms with van der Waals surface area (Å²) in [6.07, 6.45) is -0.384. The van der Waals surface area contributed by atoms with Crippen LogP contribution in [0.25, 0.3) is 22.2 Å². The Morgan fingerprint density at radius 2 is 1.54 bits per heavy atom. The number of aromatic nitrogens is 3. The van der Waals surface area contributed by atoms with Crippen LogP contribution in [0.3, 0.4) is 0 Å². The molecule has 0 atom stereocenters. The fourth-order valence-electron chi connectivity index (χ4n) is 6.88. The molecule has 270 valence electrons. The van der Waals surface area contributed by atoms with Gasteiger partial charge >= 0.3 is 12.2 Å². The van der Waals surface area contributed by atoms with Gasteiger partial charge in [-0.1, -0.05) is 35.9 Å². The average Bonchev–Trinajstić information content (AvgIpc) is 3.41. The summed E-state index contributed by atoms with van der Waals surface area (Å²) in [6, 6.07) is 19.1. The second kappa shape index (κ2) is 14.5. The zero-order valence-corrected chi connectivity index (χ0v) is 32.0. The quantitative estimate of drug-likeness (QED) is 0.108. The number of pyridine rings is 1. The van der Waals surface area contributed by atoms with E-state index in [4.69, 9.17) is 30.8 Å². The van der Waals surface area contributed by atoms with Gasteiger partial charge in [-0.3, -0.25) is 0 Å². The van der Waals surface area contributed by atoms with Gasteiger partial charge in [0.1, 0.15) is 34.3 Å². The van der Waals surface area contributed by atoms with Gasteiger partial charge in [0.05, 0.1) is 37.0 Å². The highest BCUT2D eigenvalue weighted by atomic mass is 127. The van der Waals surface area contributed by atoms with Crippen LogP contribution in [0.2, 0.25) is 5.02 Å². The van der Waals surface area contributed by atoms with Crippen LogP contribution >= 0.6 is 34.2 Å². The smallest absolute Gasteiger partial charge is 0.410 e. The molecule has 10 nitrogen and oxygen atoms in total. The normalized spacial score (nSPS) is 15.3. The van der Waals surface area contributed by atoms with E-state index in [1.807, 2.05) is 66.4 Å². The molecule has 2 aromatic heterocycles. The number of ether oxygens (including phenoxy) is 3. The first-order valence-corrected chi connectivity index (χ1v) is 18.2. The average molecular weight is 841 g/mol. The monoisotopic (exact) mass is 840 g/mol. The summed E-state index contributed by atoms with van der Waals surface area (Å²) in [7, 11) is 4.95.